The third-order valence-electron chi connectivity index (χ3n) is 3.96. The highest BCUT2D eigenvalue weighted by molar-refractivity contribution is 9.10. The van der Waals surface area contributed by atoms with Gasteiger partial charge in [0.05, 0.1) is 6.10 Å². The minimum Gasteiger partial charge on any atom is -0.390 e. The van der Waals surface area contributed by atoms with Crippen LogP contribution in [0.3, 0.4) is 0 Å². The number of β-amino-alcohol motifs (C(OH)–C–C–N with tert-alkyl or cyclic N) is 1. The van der Waals surface area contributed by atoms with Crippen molar-refractivity contribution < 1.29 is 5.11 Å². The largest absolute Gasteiger partial charge is 0.390 e. The summed E-state index contributed by atoms with van der Waals surface area (Å²) in [6.45, 7) is 5.89. The highest BCUT2D eigenvalue weighted by Gasteiger charge is 2.17. The second kappa shape index (κ2) is 8.13. The zero-order valence-corrected chi connectivity index (χ0v) is 13.8. The van der Waals surface area contributed by atoms with Crippen LogP contribution in [0.15, 0.2) is 28.7 Å². The third-order valence-corrected chi connectivity index (χ3v) is 4.68. The van der Waals surface area contributed by atoms with Crippen molar-refractivity contribution in [3.63, 3.8) is 0 Å². The third kappa shape index (κ3) is 4.55. The Labute approximate surface area is 130 Å². The van der Waals surface area contributed by atoms with E-state index in [4.69, 9.17) is 0 Å². The maximum absolute atomic E-state index is 10.2. The molecule has 0 aliphatic carbocycles. The van der Waals surface area contributed by atoms with Crippen molar-refractivity contribution in [2.75, 3.05) is 26.2 Å². The molecule has 1 fully saturated rings. The number of aliphatic hydroxyl groups excluding tert-OH is 1. The normalized spacial score (nSPS) is 19.1. The molecule has 1 aromatic rings. The van der Waals surface area contributed by atoms with Gasteiger partial charge in [0, 0.05) is 23.6 Å². The Morgan fingerprint density at radius 1 is 1.30 bits per heavy atom. The molecule has 2 unspecified atom stereocenters. The minimum absolute atomic E-state index is 0.287. The van der Waals surface area contributed by atoms with Crippen LogP contribution >= 0.6 is 15.9 Å². The van der Waals surface area contributed by atoms with Crippen molar-refractivity contribution >= 4 is 15.9 Å². The topological polar surface area (TPSA) is 35.5 Å². The molecule has 2 N–H and O–H groups in total. The fraction of sp³-hybridized carbons (Fsp3) is 0.625. The Morgan fingerprint density at radius 2 is 2.00 bits per heavy atom. The molecular weight excluding hydrogens is 316 g/mol. The van der Waals surface area contributed by atoms with Gasteiger partial charge in [0.25, 0.3) is 0 Å². The standard InChI is InChI=1S/C16H25BrN2O/c1-2-16(14-7-3-4-8-15(14)17)18-11-13(20)12-19-9-5-6-10-19/h3-4,7-8,13,16,18,20H,2,5-6,9-12H2,1H3. The first-order valence-corrected chi connectivity index (χ1v) is 8.38. The number of nitrogens with one attached hydrogen (secondary N) is 1. The van der Waals surface area contributed by atoms with Crippen LogP contribution in [0.1, 0.15) is 37.8 Å². The number of hydrogen-bond acceptors (Lipinski definition) is 3. The molecular formula is C16H25BrN2O. The second-order valence-electron chi connectivity index (χ2n) is 5.55. The Morgan fingerprint density at radius 3 is 2.65 bits per heavy atom. The van der Waals surface area contributed by atoms with E-state index in [1.807, 2.05) is 6.07 Å². The van der Waals surface area contributed by atoms with Gasteiger partial charge in [-0.25, -0.2) is 0 Å². The van der Waals surface area contributed by atoms with Crippen LogP contribution in [0.25, 0.3) is 0 Å². The maximum Gasteiger partial charge on any atom is 0.0791 e. The van der Waals surface area contributed by atoms with E-state index in [0.717, 1.165) is 30.5 Å². The fourth-order valence-corrected chi connectivity index (χ4v) is 3.40. The average Bonchev–Trinajstić information content (AvgIpc) is 2.94. The van der Waals surface area contributed by atoms with E-state index in [0.29, 0.717) is 12.6 Å². The lowest BCUT2D eigenvalue weighted by molar-refractivity contribution is 0.120. The van der Waals surface area contributed by atoms with E-state index in [-0.39, 0.29) is 6.10 Å². The predicted octanol–water partition coefficient (Wildman–Crippen LogP) is 2.95. The van der Waals surface area contributed by atoms with Crippen molar-refractivity contribution in [3.05, 3.63) is 34.3 Å². The van der Waals surface area contributed by atoms with Crippen molar-refractivity contribution in [3.8, 4) is 0 Å². The van der Waals surface area contributed by atoms with Crippen molar-refractivity contribution in [1.29, 1.82) is 0 Å². The molecule has 112 valence electrons. The van der Waals surface area contributed by atoms with Crippen LogP contribution in [0.2, 0.25) is 0 Å². The molecule has 0 spiro atoms. The maximum atomic E-state index is 10.2. The first kappa shape index (κ1) is 16.0. The molecule has 4 heteroatoms. The van der Waals surface area contributed by atoms with E-state index in [1.54, 1.807) is 0 Å². The molecule has 1 aliphatic rings. The van der Waals surface area contributed by atoms with Crippen LogP contribution < -0.4 is 5.32 Å². The number of hydrogen-bond donors (Lipinski definition) is 2. The number of aliphatic hydroxyl groups is 1. The zero-order valence-electron chi connectivity index (χ0n) is 12.2. The van der Waals surface area contributed by atoms with Crippen LogP contribution in [0.4, 0.5) is 0 Å². The molecule has 0 bridgehead atoms. The summed E-state index contributed by atoms with van der Waals surface area (Å²) in [5.74, 6) is 0. The highest BCUT2D eigenvalue weighted by Crippen LogP contribution is 2.25. The second-order valence-corrected chi connectivity index (χ2v) is 6.41. The summed E-state index contributed by atoms with van der Waals surface area (Å²) in [6, 6.07) is 8.59. The van der Waals surface area contributed by atoms with Crippen molar-refractivity contribution in [2.45, 2.75) is 38.3 Å². The molecule has 2 atom stereocenters. The van der Waals surface area contributed by atoms with Gasteiger partial charge in [0.2, 0.25) is 0 Å². The summed E-state index contributed by atoms with van der Waals surface area (Å²) in [5, 5.41) is 13.6. The summed E-state index contributed by atoms with van der Waals surface area (Å²) >= 11 is 3.60. The molecule has 1 aromatic carbocycles. The first-order valence-electron chi connectivity index (χ1n) is 7.59. The predicted molar refractivity (Wildman–Crippen MR) is 86.9 cm³/mol. The van der Waals surface area contributed by atoms with Gasteiger partial charge in [-0.05, 0) is 44.0 Å². The molecule has 0 saturated carbocycles. The van der Waals surface area contributed by atoms with E-state index < -0.39 is 0 Å². The van der Waals surface area contributed by atoms with Crippen LogP contribution in [-0.2, 0) is 0 Å². The molecule has 1 heterocycles. The summed E-state index contributed by atoms with van der Waals surface area (Å²) in [4.78, 5) is 2.35. The zero-order chi connectivity index (χ0) is 14.4. The average molecular weight is 341 g/mol. The number of rotatable bonds is 7. The van der Waals surface area contributed by atoms with Gasteiger partial charge in [-0.3, -0.25) is 0 Å². The van der Waals surface area contributed by atoms with E-state index >= 15 is 0 Å². The quantitative estimate of drug-likeness (QED) is 0.800. The van der Waals surface area contributed by atoms with Gasteiger partial charge in [-0.15, -0.1) is 0 Å². The Kier molecular flexibility index (Phi) is 6.49. The Balaban J connectivity index is 1.82. The summed E-state index contributed by atoms with van der Waals surface area (Å²) in [5.41, 5.74) is 1.27. The SMILES string of the molecule is CCC(NCC(O)CN1CCCC1)c1ccccc1Br. The molecule has 0 aromatic heterocycles. The molecule has 1 aliphatic heterocycles. The van der Waals surface area contributed by atoms with E-state index in [1.165, 1.54) is 18.4 Å². The molecule has 2 rings (SSSR count). The minimum atomic E-state index is -0.287. The van der Waals surface area contributed by atoms with Gasteiger partial charge < -0.3 is 15.3 Å². The van der Waals surface area contributed by atoms with Crippen molar-refractivity contribution in [2.24, 2.45) is 0 Å². The van der Waals surface area contributed by atoms with Gasteiger partial charge in [0.15, 0.2) is 0 Å². The molecule has 1 saturated heterocycles. The number of nitrogens with zero attached hydrogens (tertiary/aromatic N) is 1. The number of benzene rings is 1. The fourth-order valence-electron chi connectivity index (χ4n) is 2.84. The van der Waals surface area contributed by atoms with Crippen LogP contribution in [-0.4, -0.2) is 42.3 Å². The summed E-state index contributed by atoms with van der Waals surface area (Å²) in [6.07, 6.45) is 3.27. The molecule has 3 nitrogen and oxygen atoms in total. The first-order chi connectivity index (χ1) is 9.70. The lowest BCUT2D eigenvalue weighted by Gasteiger charge is -2.23. The smallest absolute Gasteiger partial charge is 0.0791 e. The van der Waals surface area contributed by atoms with E-state index in [9.17, 15) is 5.11 Å². The van der Waals surface area contributed by atoms with Gasteiger partial charge in [-0.2, -0.15) is 0 Å². The Hall–Kier alpha value is -0.420. The van der Waals surface area contributed by atoms with E-state index in [2.05, 4.69) is 51.3 Å². The van der Waals surface area contributed by atoms with Crippen molar-refractivity contribution in [1.82, 2.24) is 10.2 Å². The Bertz CT molecular complexity index is 407. The van der Waals surface area contributed by atoms with Gasteiger partial charge in [-0.1, -0.05) is 41.1 Å². The van der Waals surface area contributed by atoms with Crippen LogP contribution in [0.5, 0.6) is 0 Å². The number of halogens is 1. The molecule has 20 heavy (non-hydrogen) atoms. The summed E-state index contributed by atoms with van der Waals surface area (Å²) in [7, 11) is 0. The lowest BCUT2D eigenvalue weighted by atomic mass is 10.0. The highest BCUT2D eigenvalue weighted by atomic mass is 79.9. The summed E-state index contributed by atoms with van der Waals surface area (Å²) < 4.78 is 1.13. The lowest BCUT2D eigenvalue weighted by Crippen LogP contribution is -2.38. The van der Waals surface area contributed by atoms with Crippen LogP contribution in [0, 0.1) is 0 Å². The number of likely N-dealkylation sites (tertiary alicyclic amines) is 1. The van der Waals surface area contributed by atoms with Gasteiger partial charge in [0.1, 0.15) is 0 Å². The molecule has 0 amide bonds. The molecule has 0 radical (unpaired) electrons. The van der Waals surface area contributed by atoms with Gasteiger partial charge >= 0.3 is 0 Å². The monoisotopic (exact) mass is 340 g/mol.